The van der Waals surface area contributed by atoms with Crippen LogP contribution in [0.25, 0.3) is 0 Å². The van der Waals surface area contributed by atoms with Gasteiger partial charge in [0, 0.05) is 0 Å². The molecule has 8 heteroatoms. The summed E-state index contributed by atoms with van der Waals surface area (Å²) in [5.74, 6) is 0. The van der Waals surface area contributed by atoms with Crippen LogP contribution in [0, 0.1) is 0 Å². The van der Waals surface area contributed by atoms with Crippen LogP contribution in [0.2, 0.25) is 0 Å². The van der Waals surface area contributed by atoms with Gasteiger partial charge in [-0.3, -0.25) is 0 Å². The van der Waals surface area contributed by atoms with Crippen molar-refractivity contribution in [2.75, 3.05) is 0 Å². The highest BCUT2D eigenvalue weighted by atomic mass is 31.1. The van der Waals surface area contributed by atoms with Gasteiger partial charge < -0.3 is 0 Å². The summed E-state index contributed by atoms with van der Waals surface area (Å²) in [7, 11) is -2.69. The molecule has 0 bridgehead atoms. The molecule has 0 aliphatic carbocycles. The van der Waals surface area contributed by atoms with E-state index >= 15 is 0 Å². The minimum atomic E-state index is -0.769. The monoisotopic (exact) mass is 1300 g/mol. The number of hydrogen-bond acceptors (Lipinski definition) is 0. The molecule has 87 heavy (non-hydrogen) atoms. The van der Waals surface area contributed by atoms with Gasteiger partial charge in [0.2, 0.25) is 0 Å². The summed E-state index contributed by atoms with van der Waals surface area (Å²) in [4.78, 5) is 0. The maximum absolute atomic E-state index is 2.87. The predicted octanol–water partition coefficient (Wildman–Crippen LogP) is 18.3. The first-order valence-corrected chi connectivity index (χ1v) is 45.8. The Hall–Kier alpha value is -2.02. The van der Waals surface area contributed by atoms with Gasteiger partial charge in [0.15, 0.2) is 0 Å². The molecule has 0 N–H and O–H groups in total. The molecule has 6 aliphatic rings. The Morgan fingerprint density at radius 1 is 0.264 bits per heavy atom. The Morgan fingerprint density at radius 3 is 0.931 bits per heavy atom. The first kappa shape index (κ1) is 63.7. The van der Waals surface area contributed by atoms with Gasteiger partial charge >= 0.3 is 0 Å². The molecule has 0 nitrogen and oxygen atoms in total. The maximum atomic E-state index is 2.87. The van der Waals surface area contributed by atoms with Crippen LogP contribution in [0.15, 0.2) is 170 Å². The molecule has 0 radical (unpaired) electrons. The molecule has 456 valence electrons. The molecule has 6 heterocycles. The number of hydrogen-bond donors (Lipinski definition) is 0. The highest BCUT2D eigenvalue weighted by molar-refractivity contribution is 7.83. The first-order chi connectivity index (χ1) is 42.3. The molecule has 0 saturated carbocycles. The predicted molar refractivity (Wildman–Crippen MR) is 406 cm³/mol. The normalized spacial score (nSPS) is 30.6. The molecule has 0 amide bonds. The zero-order valence-corrected chi connectivity index (χ0v) is 61.4. The third kappa shape index (κ3) is 13.2. The van der Waals surface area contributed by atoms with E-state index in [2.05, 4.69) is 239 Å². The zero-order chi connectivity index (χ0) is 60.0. The molecule has 16 atom stereocenters. The van der Waals surface area contributed by atoms with Crippen LogP contribution >= 0.6 is 63.4 Å². The summed E-state index contributed by atoms with van der Waals surface area (Å²) in [5, 5.41) is 19.9. The largest absolute Gasteiger partial charge is 0.0688 e. The molecule has 13 rings (SSSR count). The summed E-state index contributed by atoms with van der Waals surface area (Å²) in [6, 6.07) is 69.6. The molecule has 0 spiro atoms. The third-order valence-electron chi connectivity index (χ3n) is 22.0. The Labute approximate surface area is 537 Å². The van der Waals surface area contributed by atoms with E-state index in [1.54, 1.807) is 32.3 Å². The maximum Gasteiger partial charge on any atom is -0.00253 e. The fraction of sp³-hybridized carbons (Fsp3) is 0.468. The van der Waals surface area contributed by atoms with Gasteiger partial charge in [-0.1, -0.05) is 287 Å². The van der Waals surface area contributed by atoms with Crippen molar-refractivity contribution >= 4 is 127 Å². The van der Waals surface area contributed by atoms with E-state index in [-0.39, 0.29) is 47.5 Å². The van der Waals surface area contributed by atoms with Gasteiger partial charge in [-0.25, -0.2) is 0 Å². The van der Waals surface area contributed by atoms with Crippen LogP contribution in [0.5, 0.6) is 0 Å². The Morgan fingerprint density at radius 2 is 0.540 bits per heavy atom. The lowest BCUT2D eigenvalue weighted by Crippen LogP contribution is -2.34. The topological polar surface area (TPSA) is 0 Å². The van der Waals surface area contributed by atoms with E-state index < -0.39 is 15.8 Å². The van der Waals surface area contributed by atoms with Gasteiger partial charge in [0.25, 0.3) is 0 Å². The van der Waals surface area contributed by atoms with Gasteiger partial charge in [0.05, 0.1) is 0 Å². The van der Waals surface area contributed by atoms with Crippen LogP contribution < -0.4 is 63.7 Å². The first-order valence-electron chi connectivity index (χ1n) is 34.3. The highest BCUT2D eigenvalue weighted by Gasteiger charge is 2.43. The molecule has 6 aliphatic heterocycles. The van der Waals surface area contributed by atoms with Gasteiger partial charge in [-0.15, -0.1) is 0 Å². The minimum Gasteiger partial charge on any atom is -0.0688 e. The SMILES string of the molecule is C[C@@H]1CC[C@@H](CC[C@H]2CC[C@H](C)P2c2cc(Cc3ccc(P4[C@H](C)CC[C@H]4C)c(P4[C@H](C)CC[C@H]4C)c3)ccc2P2[C@@H](C)CC[C@@H]2C)P1c1ccccc1P(c1ccccc1)c1ccc(P(c2ccccc2)c2ccccc2P2[C@@H](C)CC[C@@H]2C)cc1. The quantitative estimate of drug-likeness (QED) is 0.0797. The molecular weight excluding hydrogens is 1200 g/mol. The van der Waals surface area contributed by atoms with Crippen LogP contribution in [0.1, 0.15) is 170 Å². The molecular formula is C79H100P8. The lowest BCUT2D eigenvalue weighted by molar-refractivity contribution is 0.620. The second-order valence-electron chi connectivity index (χ2n) is 27.9. The van der Waals surface area contributed by atoms with Crippen molar-refractivity contribution < 1.29 is 0 Å². The van der Waals surface area contributed by atoms with Crippen molar-refractivity contribution in [1.29, 1.82) is 0 Å². The van der Waals surface area contributed by atoms with E-state index in [4.69, 9.17) is 0 Å². The van der Waals surface area contributed by atoms with Gasteiger partial charge in [0.1, 0.15) is 0 Å². The van der Waals surface area contributed by atoms with Crippen LogP contribution in [-0.2, 0) is 6.42 Å². The van der Waals surface area contributed by atoms with E-state index in [0.29, 0.717) is 0 Å². The van der Waals surface area contributed by atoms with Crippen molar-refractivity contribution in [2.45, 2.75) is 233 Å². The molecule has 7 aromatic carbocycles. The summed E-state index contributed by atoms with van der Waals surface area (Å²) in [6.07, 6.45) is 20.7. The Balaban J connectivity index is 0.800. The van der Waals surface area contributed by atoms with E-state index in [1.165, 1.54) is 111 Å². The summed E-state index contributed by atoms with van der Waals surface area (Å²) in [6.45, 7) is 26.1. The smallest absolute Gasteiger partial charge is 0.00253 e. The average molecular weight is 1300 g/mol. The van der Waals surface area contributed by atoms with Gasteiger partial charge in [-0.2, -0.15) is 0 Å². The Kier molecular flexibility index (Phi) is 20.7. The number of rotatable bonds is 17. The molecule has 6 saturated heterocycles. The molecule has 6 fully saturated rings. The lowest BCUT2D eigenvalue weighted by atomic mass is 10.1. The lowest BCUT2D eigenvalue weighted by Gasteiger charge is -2.33. The van der Waals surface area contributed by atoms with Crippen molar-refractivity contribution in [3.05, 3.63) is 181 Å². The standard InChI is InChI=1S/C79H100P8/c1-54-29-30-55(2)80(54)72-25-17-19-27-74(72)86(66-21-13-11-14-22-66)70-45-47-71(48-46-70)87(67-23-15-12-16-24-67)75-28-20-18-26-73(75)84-62(9)37-41-68(84)43-44-69-42-38-63(10)85(69)79-53-65(40-50-77(79)82-58(5)33-34-59(82)6)51-64-39-49-76(81-56(3)31-32-57(81)4)78(52-64)83-60(7)35-36-61(83)8/h11-28,39-40,45-50,52-63,68-69H,29-38,41-44,51H2,1-10H3/t54-,55-,56+,57+,58-,59-,60+,61+,62+,63-,68-,69+,84?,85?,86?,87?/m0/s1. The van der Waals surface area contributed by atoms with Crippen molar-refractivity contribution in [3.8, 4) is 0 Å². The van der Waals surface area contributed by atoms with Crippen molar-refractivity contribution in [2.24, 2.45) is 0 Å². The summed E-state index contributed by atoms with van der Waals surface area (Å²) < 4.78 is 0. The zero-order valence-electron chi connectivity index (χ0n) is 54.3. The molecule has 4 unspecified atom stereocenters. The van der Waals surface area contributed by atoms with E-state index in [1.807, 2.05) is 21.2 Å². The van der Waals surface area contributed by atoms with Crippen molar-refractivity contribution in [3.63, 3.8) is 0 Å². The minimum absolute atomic E-state index is 0.0960. The van der Waals surface area contributed by atoms with E-state index in [9.17, 15) is 0 Å². The van der Waals surface area contributed by atoms with Crippen LogP contribution in [-0.4, -0.2) is 67.9 Å². The van der Waals surface area contributed by atoms with Gasteiger partial charge in [-0.05, 0) is 255 Å². The van der Waals surface area contributed by atoms with Crippen LogP contribution in [0.4, 0.5) is 0 Å². The Bertz CT molecular complexity index is 3400. The fourth-order valence-corrected chi connectivity index (χ4v) is 45.0. The van der Waals surface area contributed by atoms with Crippen LogP contribution in [0.3, 0.4) is 0 Å². The number of benzene rings is 7. The summed E-state index contributed by atoms with van der Waals surface area (Å²) in [5.41, 5.74) is 12.9. The van der Waals surface area contributed by atoms with Crippen molar-refractivity contribution in [1.82, 2.24) is 0 Å². The highest BCUT2D eigenvalue weighted by Crippen LogP contribution is 2.64. The fourth-order valence-electron chi connectivity index (χ4n) is 17.6. The summed E-state index contributed by atoms with van der Waals surface area (Å²) >= 11 is 0. The average Bonchev–Trinajstić information content (AvgIpc) is 2.33. The van der Waals surface area contributed by atoms with E-state index in [0.717, 1.165) is 74.3 Å². The second kappa shape index (κ2) is 28.3. The third-order valence-corrected chi connectivity index (χ3v) is 48.0. The molecule has 0 aromatic heterocycles. The second-order valence-corrected chi connectivity index (χ2v) is 50.4. The molecule has 7 aromatic rings.